The minimum Gasteiger partial charge on any atom is -0.390 e. The molecule has 0 heterocycles. The average Bonchev–Trinajstić information content (AvgIpc) is 2.88. The van der Waals surface area contributed by atoms with Gasteiger partial charge in [0.25, 0.3) is 0 Å². The van der Waals surface area contributed by atoms with Crippen molar-refractivity contribution in [3.05, 3.63) is 0 Å². The van der Waals surface area contributed by atoms with Gasteiger partial charge >= 0.3 is 0 Å². The Morgan fingerprint density at radius 1 is 0.488 bits per heavy atom. The molecule has 0 radical (unpaired) electrons. The van der Waals surface area contributed by atoms with Gasteiger partial charge in [-0.05, 0) is 130 Å². The number of Topliss-reactive ketones (excluding diaryl/α,β-unsaturated/α-hetero) is 4. The third-order valence-electron chi connectivity index (χ3n) is 7.57. The predicted octanol–water partition coefficient (Wildman–Crippen LogP) is 6.80. The van der Waals surface area contributed by atoms with E-state index in [1.165, 1.54) is 0 Å². The van der Waals surface area contributed by atoms with Crippen LogP contribution in [0.5, 0.6) is 0 Å². The first kappa shape index (κ1) is 41.0. The summed E-state index contributed by atoms with van der Waals surface area (Å²) in [6.45, 7) is 14.0. The van der Waals surface area contributed by atoms with E-state index in [2.05, 4.69) is 0 Å². The van der Waals surface area contributed by atoms with Crippen LogP contribution in [0, 0.1) is 0 Å². The first-order valence-electron chi connectivity index (χ1n) is 14.9. The summed E-state index contributed by atoms with van der Waals surface area (Å²) in [5.74, 6) is 3.62. The van der Waals surface area contributed by atoms with Crippen LogP contribution in [0.4, 0.5) is 0 Å². The molecule has 4 unspecified atom stereocenters. The second-order valence-corrected chi connectivity index (χ2v) is 17.3. The summed E-state index contributed by atoms with van der Waals surface area (Å²) in [4.78, 5) is 46.6. The van der Waals surface area contributed by atoms with Crippen molar-refractivity contribution < 1.29 is 29.4 Å². The summed E-state index contributed by atoms with van der Waals surface area (Å²) < 4.78 is 0. The van der Waals surface area contributed by atoms with Gasteiger partial charge in [-0.2, -0.15) is 47.0 Å². The Labute approximate surface area is 266 Å². The average molecular weight is 653 g/mol. The van der Waals surface area contributed by atoms with E-state index in [9.17, 15) is 29.4 Å². The SMILES string of the molecule is CC(=O)C(C)SCCCC(O)(CCCSC(C)C(C)=O)CC(O)(CCCSC(C)C(C)=O)CCCSC(C)C(C)=O. The number of carbonyl (C=O) groups is 4. The van der Waals surface area contributed by atoms with Gasteiger partial charge in [-0.25, -0.2) is 0 Å². The predicted molar refractivity (Wildman–Crippen MR) is 182 cm³/mol. The van der Waals surface area contributed by atoms with Gasteiger partial charge in [-0.15, -0.1) is 0 Å². The lowest BCUT2D eigenvalue weighted by Gasteiger charge is -2.38. The van der Waals surface area contributed by atoms with Crippen molar-refractivity contribution in [2.45, 2.75) is 145 Å². The maximum absolute atomic E-state index is 11.9. The molecule has 41 heavy (non-hydrogen) atoms. The molecule has 0 aliphatic carbocycles. The lowest BCUT2D eigenvalue weighted by atomic mass is 9.77. The highest BCUT2D eigenvalue weighted by atomic mass is 32.2. The highest BCUT2D eigenvalue weighted by molar-refractivity contribution is 8.01. The number of hydrogen-bond donors (Lipinski definition) is 2. The Kier molecular flexibility index (Phi) is 21.7. The van der Waals surface area contributed by atoms with Crippen LogP contribution in [0.1, 0.15) is 113 Å². The normalized spacial score (nSPS) is 17.6. The molecule has 0 amide bonds. The third kappa shape index (κ3) is 19.8. The maximum Gasteiger partial charge on any atom is 0.142 e. The van der Waals surface area contributed by atoms with Crippen molar-refractivity contribution in [3.8, 4) is 0 Å². The zero-order valence-corrected chi connectivity index (χ0v) is 29.9. The standard InChI is InChI=1S/C31H56O6S4/c1-22(32)26(5)38-17-9-13-30(36,14-10-18-39-27(6)23(2)33)21-31(37,15-11-19-40-28(7)24(3)34)16-12-20-41-29(8)25(4)35/h26-29,36-37H,9-21H2,1-8H3. The summed E-state index contributed by atoms with van der Waals surface area (Å²) in [6, 6.07) is 0. The van der Waals surface area contributed by atoms with Gasteiger partial charge in [-0.1, -0.05) is 0 Å². The van der Waals surface area contributed by atoms with Gasteiger partial charge in [0, 0.05) is 6.42 Å². The van der Waals surface area contributed by atoms with Crippen LogP contribution in [-0.2, 0) is 19.2 Å². The van der Waals surface area contributed by atoms with Crippen LogP contribution < -0.4 is 0 Å². The van der Waals surface area contributed by atoms with Gasteiger partial charge in [0.2, 0.25) is 0 Å². The third-order valence-corrected chi connectivity index (χ3v) is 13.0. The van der Waals surface area contributed by atoms with Crippen molar-refractivity contribution in [3.63, 3.8) is 0 Å². The van der Waals surface area contributed by atoms with Gasteiger partial charge in [0.05, 0.1) is 32.2 Å². The van der Waals surface area contributed by atoms with E-state index in [1.807, 2.05) is 27.7 Å². The Hall–Kier alpha value is -0.000000000000000111. The zero-order chi connectivity index (χ0) is 31.6. The molecule has 0 aliphatic rings. The molecule has 0 fully saturated rings. The highest BCUT2D eigenvalue weighted by Gasteiger charge is 2.38. The summed E-state index contributed by atoms with van der Waals surface area (Å²) in [5, 5.41) is 23.5. The number of rotatable bonds is 26. The fraction of sp³-hybridized carbons (Fsp3) is 0.871. The summed E-state index contributed by atoms with van der Waals surface area (Å²) in [6.07, 6.45) is 5.36. The van der Waals surface area contributed by atoms with Gasteiger partial charge < -0.3 is 10.2 Å². The molecule has 0 aromatic rings. The fourth-order valence-corrected chi connectivity index (χ4v) is 7.93. The van der Waals surface area contributed by atoms with Crippen LogP contribution >= 0.6 is 47.0 Å². The Balaban J connectivity index is 5.51. The van der Waals surface area contributed by atoms with Crippen molar-refractivity contribution in [1.29, 1.82) is 0 Å². The van der Waals surface area contributed by atoms with E-state index in [0.29, 0.717) is 25.7 Å². The molecular weight excluding hydrogens is 597 g/mol. The summed E-state index contributed by atoms with van der Waals surface area (Å²) >= 11 is 6.39. The van der Waals surface area contributed by atoms with Crippen LogP contribution in [0.2, 0.25) is 0 Å². The molecule has 0 rings (SSSR count). The second kappa shape index (κ2) is 21.7. The summed E-state index contributed by atoms with van der Waals surface area (Å²) in [5.41, 5.74) is -2.12. The first-order valence-corrected chi connectivity index (χ1v) is 19.1. The van der Waals surface area contributed by atoms with Crippen molar-refractivity contribution in [2.75, 3.05) is 23.0 Å². The zero-order valence-electron chi connectivity index (χ0n) is 26.7. The largest absolute Gasteiger partial charge is 0.390 e. The fourth-order valence-electron chi connectivity index (χ4n) is 4.33. The number of ketones is 4. The monoisotopic (exact) mass is 652 g/mol. The molecule has 4 atom stereocenters. The second-order valence-electron chi connectivity index (χ2n) is 11.5. The van der Waals surface area contributed by atoms with E-state index < -0.39 is 11.2 Å². The minimum atomic E-state index is -1.06. The van der Waals surface area contributed by atoms with E-state index in [0.717, 1.165) is 48.7 Å². The molecule has 0 saturated heterocycles. The molecule has 0 aliphatic heterocycles. The van der Waals surface area contributed by atoms with Gasteiger partial charge in [0.1, 0.15) is 23.1 Å². The quantitative estimate of drug-likeness (QED) is 0.0969. The van der Waals surface area contributed by atoms with E-state index >= 15 is 0 Å². The maximum atomic E-state index is 11.9. The number of hydrogen-bond acceptors (Lipinski definition) is 10. The number of thioether (sulfide) groups is 4. The molecule has 0 aromatic heterocycles. The van der Waals surface area contributed by atoms with Gasteiger partial charge in [-0.3, -0.25) is 19.2 Å². The van der Waals surface area contributed by atoms with Crippen molar-refractivity contribution in [1.82, 2.24) is 0 Å². The lowest BCUT2D eigenvalue weighted by molar-refractivity contribution is -0.117. The van der Waals surface area contributed by atoms with Crippen molar-refractivity contribution in [2.24, 2.45) is 0 Å². The molecule has 240 valence electrons. The van der Waals surface area contributed by atoms with Crippen LogP contribution in [0.25, 0.3) is 0 Å². The Morgan fingerprint density at radius 2 is 0.683 bits per heavy atom. The minimum absolute atomic E-state index is 0.0747. The summed E-state index contributed by atoms with van der Waals surface area (Å²) in [7, 11) is 0. The molecule has 2 N–H and O–H groups in total. The molecule has 10 heteroatoms. The Bertz CT molecular complexity index is 685. The van der Waals surface area contributed by atoms with Gasteiger partial charge in [0.15, 0.2) is 0 Å². The first-order chi connectivity index (χ1) is 19.0. The topological polar surface area (TPSA) is 109 Å². The smallest absolute Gasteiger partial charge is 0.142 e. The molecular formula is C31H56O6S4. The molecule has 0 saturated carbocycles. The highest BCUT2D eigenvalue weighted by Crippen LogP contribution is 2.37. The molecule has 6 nitrogen and oxygen atoms in total. The lowest BCUT2D eigenvalue weighted by Crippen LogP contribution is -2.42. The van der Waals surface area contributed by atoms with E-state index in [-0.39, 0.29) is 50.6 Å². The number of carbonyl (C=O) groups excluding carboxylic acids is 4. The van der Waals surface area contributed by atoms with Crippen LogP contribution in [-0.4, -0.2) is 88.6 Å². The molecule has 0 aromatic carbocycles. The number of aliphatic hydroxyl groups is 2. The van der Waals surface area contributed by atoms with E-state index in [4.69, 9.17) is 0 Å². The Morgan fingerprint density at radius 3 is 0.854 bits per heavy atom. The van der Waals surface area contributed by atoms with E-state index in [1.54, 1.807) is 74.7 Å². The van der Waals surface area contributed by atoms with Crippen molar-refractivity contribution >= 4 is 70.2 Å². The van der Waals surface area contributed by atoms with Crippen LogP contribution in [0.15, 0.2) is 0 Å². The molecule has 0 spiro atoms. The van der Waals surface area contributed by atoms with Crippen LogP contribution in [0.3, 0.4) is 0 Å². The molecule has 0 bridgehead atoms.